The molecule has 1 N–H and O–H groups in total. The number of hydrogen-bond acceptors (Lipinski definition) is 3. The zero-order valence-electron chi connectivity index (χ0n) is 11.0. The van der Waals surface area contributed by atoms with Gasteiger partial charge in [-0.3, -0.25) is 0 Å². The van der Waals surface area contributed by atoms with Gasteiger partial charge in [-0.25, -0.2) is 8.78 Å². The molecule has 1 heterocycles. The fourth-order valence-corrected chi connectivity index (χ4v) is 3.20. The van der Waals surface area contributed by atoms with E-state index in [1.165, 1.54) is 12.1 Å². The van der Waals surface area contributed by atoms with Crippen molar-refractivity contribution in [1.29, 1.82) is 0 Å². The van der Waals surface area contributed by atoms with Gasteiger partial charge in [-0.1, -0.05) is 13.0 Å². The lowest BCUT2D eigenvalue weighted by Crippen LogP contribution is -2.46. The van der Waals surface area contributed by atoms with Gasteiger partial charge >= 0.3 is 0 Å². The fraction of sp³-hybridized carbons (Fsp3) is 0.571. The van der Waals surface area contributed by atoms with Crippen LogP contribution in [0.25, 0.3) is 0 Å². The van der Waals surface area contributed by atoms with Crippen molar-refractivity contribution in [1.82, 2.24) is 5.32 Å². The third-order valence-electron chi connectivity index (χ3n) is 3.20. The predicted molar refractivity (Wildman–Crippen MR) is 74.6 cm³/mol. The zero-order valence-corrected chi connectivity index (χ0v) is 11.8. The number of ether oxygens (including phenoxy) is 1. The highest BCUT2D eigenvalue weighted by molar-refractivity contribution is 7.99. The number of halogens is 2. The lowest BCUT2D eigenvalue weighted by molar-refractivity contribution is 0.0476. The molecular weight excluding hydrogens is 268 g/mol. The van der Waals surface area contributed by atoms with Crippen LogP contribution in [-0.4, -0.2) is 36.8 Å². The molecular formula is C14H19F2NOS. The van der Waals surface area contributed by atoms with Gasteiger partial charge in [-0.05, 0) is 30.7 Å². The summed E-state index contributed by atoms with van der Waals surface area (Å²) in [5.41, 5.74) is 0.795. The summed E-state index contributed by atoms with van der Waals surface area (Å²) in [4.78, 5) is 0. The Bertz CT molecular complexity index is 410. The summed E-state index contributed by atoms with van der Waals surface area (Å²) in [6, 6.07) is 4.24. The Morgan fingerprint density at radius 1 is 1.42 bits per heavy atom. The van der Waals surface area contributed by atoms with E-state index in [2.05, 4.69) is 5.32 Å². The second kappa shape index (κ2) is 7.22. The molecule has 1 aromatic carbocycles. The highest BCUT2D eigenvalue weighted by Gasteiger charge is 2.24. The van der Waals surface area contributed by atoms with Gasteiger partial charge in [0, 0.05) is 17.5 Å². The van der Waals surface area contributed by atoms with Gasteiger partial charge in [0.15, 0.2) is 11.6 Å². The van der Waals surface area contributed by atoms with E-state index >= 15 is 0 Å². The van der Waals surface area contributed by atoms with Crippen molar-refractivity contribution in [3.8, 4) is 0 Å². The molecule has 0 spiro atoms. The van der Waals surface area contributed by atoms with E-state index in [0.29, 0.717) is 6.42 Å². The molecule has 1 aliphatic heterocycles. The minimum Gasteiger partial charge on any atom is -0.375 e. The molecule has 1 saturated heterocycles. The van der Waals surface area contributed by atoms with Gasteiger partial charge in [-0.2, -0.15) is 11.8 Å². The van der Waals surface area contributed by atoms with Crippen LogP contribution in [0.3, 0.4) is 0 Å². The van der Waals surface area contributed by atoms with E-state index in [-0.39, 0.29) is 12.1 Å². The monoisotopic (exact) mass is 287 g/mol. The highest BCUT2D eigenvalue weighted by atomic mass is 32.2. The molecule has 2 unspecified atom stereocenters. The van der Waals surface area contributed by atoms with Gasteiger partial charge in [0.2, 0.25) is 0 Å². The maximum atomic E-state index is 13.2. The van der Waals surface area contributed by atoms with Crippen LogP contribution in [0.5, 0.6) is 0 Å². The Balaban J connectivity index is 2.04. The number of rotatable bonds is 5. The molecule has 5 heteroatoms. The maximum absolute atomic E-state index is 13.2. The smallest absolute Gasteiger partial charge is 0.159 e. The second-order valence-electron chi connectivity index (χ2n) is 4.60. The lowest BCUT2D eigenvalue weighted by atomic mass is 10.0. The fourth-order valence-electron chi connectivity index (χ4n) is 2.26. The van der Waals surface area contributed by atoms with Crippen molar-refractivity contribution in [2.45, 2.75) is 25.5 Å². The first kappa shape index (κ1) is 14.8. The van der Waals surface area contributed by atoms with E-state index in [9.17, 15) is 8.78 Å². The predicted octanol–water partition coefficient (Wildman–Crippen LogP) is 2.62. The van der Waals surface area contributed by atoms with E-state index in [1.54, 1.807) is 6.07 Å². The van der Waals surface area contributed by atoms with Gasteiger partial charge in [0.05, 0.1) is 12.7 Å². The Kier molecular flexibility index (Phi) is 5.60. The van der Waals surface area contributed by atoms with Gasteiger partial charge in [0.25, 0.3) is 0 Å². The number of thioether (sulfide) groups is 1. The molecule has 19 heavy (non-hydrogen) atoms. The van der Waals surface area contributed by atoms with E-state index < -0.39 is 11.6 Å². The van der Waals surface area contributed by atoms with Crippen LogP contribution in [0, 0.1) is 11.6 Å². The first-order valence-electron chi connectivity index (χ1n) is 6.57. The van der Waals surface area contributed by atoms with Gasteiger partial charge in [0.1, 0.15) is 0 Å². The molecule has 2 nitrogen and oxygen atoms in total. The third-order valence-corrected chi connectivity index (χ3v) is 4.22. The minimum atomic E-state index is -0.798. The average Bonchev–Trinajstić information content (AvgIpc) is 2.43. The average molecular weight is 287 g/mol. The number of benzene rings is 1. The number of likely N-dealkylation sites (N-methyl/N-ethyl adjacent to an activating group) is 1. The first-order chi connectivity index (χ1) is 9.20. The second-order valence-corrected chi connectivity index (χ2v) is 5.75. The number of hydrogen-bond donors (Lipinski definition) is 1. The molecule has 1 aliphatic rings. The van der Waals surface area contributed by atoms with E-state index in [0.717, 1.165) is 30.2 Å². The Morgan fingerprint density at radius 2 is 2.26 bits per heavy atom. The summed E-state index contributed by atoms with van der Waals surface area (Å²) in [6.45, 7) is 3.63. The molecule has 1 fully saturated rings. The molecule has 0 radical (unpaired) electrons. The van der Waals surface area contributed by atoms with Gasteiger partial charge in [-0.15, -0.1) is 0 Å². The topological polar surface area (TPSA) is 21.3 Å². The van der Waals surface area contributed by atoms with Crippen molar-refractivity contribution in [2.24, 2.45) is 0 Å². The van der Waals surface area contributed by atoms with Crippen molar-refractivity contribution in [3.63, 3.8) is 0 Å². The lowest BCUT2D eigenvalue weighted by Gasteiger charge is -2.31. The molecule has 0 bridgehead atoms. The molecule has 1 aromatic rings. The Hall–Kier alpha value is -0.650. The summed E-state index contributed by atoms with van der Waals surface area (Å²) >= 11 is 1.87. The normalized spacial score (nSPS) is 21.3. The van der Waals surface area contributed by atoms with E-state index in [1.807, 2.05) is 18.7 Å². The van der Waals surface area contributed by atoms with Crippen LogP contribution in [-0.2, 0) is 11.2 Å². The largest absolute Gasteiger partial charge is 0.375 e. The summed E-state index contributed by atoms with van der Waals surface area (Å²) in [5.74, 6) is 0.391. The summed E-state index contributed by atoms with van der Waals surface area (Å²) in [5, 5.41) is 3.38. The van der Waals surface area contributed by atoms with Crippen LogP contribution in [0.2, 0.25) is 0 Å². The molecule has 0 saturated carbocycles. The van der Waals surface area contributed by atoms with Gasteiger partial charge < -0.3 is 10.1 Å². The Morgan fingerprint density at radius 3 is 2.89 bits per heavy atom. The molecule has 2 atom stereocenters. The molecule has 2 rings (SSSR count). The molecule has 0 aliphatic carbocycles. The zero-order chi connectivity index (χ0) is 13.7. The van der Waals surface area contributed by atoms with Crippen molar-refractivity contribution in [2.75, 3.05) is 24.7 Å². The van der Waals surface area contributed by atoms with Crippen LogP contribution in [0.4, 0.5) is 8.78 Å². The van der Waals surface area contributed by atoms with Crippen LogP contribution < -0.4 is 5.32 Å². The third kappa shape index (κ3) is 4.16. The maximum Gasteiger partial charge on any atom is 0.159 e. The minimum absolute atomic E-state index is 0.131. The molecule has 0 aromatic heterocycles. The SMILES string of the molecule is CCNC(Cc1ccc(F)c(F)c1)C1CSCCO1. The van der Waals surface area contributed by atoms with E-state index in [4.69, 9.17) is 4.74 Å². The highest BCUT2D eigenvalue weighted by Crippen LogP contribution is 2.19. The summed E-state index contributed by atoms with van der Waals surface area (Å²) in [7, 11) is 0. The van der Waals surface area contributed by atoms with Crippen molar-refractivity contribution >= 4 is 11.8 Å². The van der Waals surface area contributed by atoms with Crippen LogP contribution >= 0.6 is 11.8 Å². The summed E-state index contributed by atoms with van der Waals surface area (Å²) < 4.78 is 31.9. The summed E-state index contributed by atoms with van der Waals surface area (Å²) in [6.07, 6.45) is 0.780. The van der Waals surface area contributed by atoms with Crippen molar-refractivity contribution < 1.29 is 13.5 Å². The molecule has 106 valence electrons. The number of nitrogens with one attached hydrogen (secondary N) is 1. The van der Waals surface area contributed by atoms with Crippen LogP contribution in [0.15, 0.2) is 18.2 Å². The first-order valence-corrected chi connectivity index (χ1v) is 7.73. The Labute approximate surface area is 116 Å². The standard InChI is InChI=1S/C14H19F2NOS/c1-2-17-13(14-9-19-6-5-18-14)8-10-3-4-11(15)12(16)7-10/h3-4,7,13-14,17H,2,5-6,8-9H2,1H3. The molecule has 0 amide bonds. The van der Waals surface area contributed by atoms with Crippen LogP contribution in [0.1, 0.15) is 12.5 Å². The van der Waals surface area contributed by atoms with Crippen molar-refractivity contribution in [3.05, 3.63) is 35.4 Å². The quantitative estimate of drug-likeness (QED) is 0.899.